The summed E-state index contributed by atoms with van der Waals surface area (Å²) < 4.78 is 4.85. The third-order valence-electron chi connectivity index (χ3n) is 4.96. The SMILES string of the molecule is CNc1cc2c(c(C3CC(C(=O)OC)C3)c1)CCN(C)C2. The fourth-order valence-electron chi connectivity index (χ4n) is 3.61. The molecule has 0 unspecified atom stereocenters. The Bertz CT molecular complexity index is 550. The molecule has 0 amide bonds. The number of rotatable bonds is 3. The van der Waals surface area contributed by atoms with Crippen molar-refractivity contribution < 1.29 is 9.53 Å². The molecule has 2 aliphatic rings. The van der Waals surface area contributed by atoms with Crippen LogP contribution in [0.2, 0.25) is 0 Å². The van der Waals surface area contributed by atoms with Crippen molar-refractivity contribution >= 4 is 11.7 Å². The minimum Gasteiger partial charge on any atom is -0.469 e. The number of fused-ring (bicyclic) bond motifs is 1. The first kappa shape index (κ1) is 14.4. The monoisotopic (exact) mass is 288 g/mol. The Morgan fingerprint density at radius 3 is 2.81 bits per heavy atom. The molecular weight excluding hydrogens is 264 g/mol. The Morgan fingerprint density at radius 1 is 1.38 bits per heavy atom. The van der Waals surface area contributed by atoms with Crippen molar-refractivity contribution in [2.24, 2.45) is 5.92 Å². The van der Waals surface area contributed by atoms with Crippen molar-refractivity contribution in [1.82, 2.24) is 4.90 Å². The average molecular weight is 288 g/mol. The molecule has 0 aromatic heterocycles. The molecule has 3 rings (SSSR count). The number of anilines is 1. The van der Waals surface area contributed by atoms with Crippen molar-refractivity contribution in [2.75, 3.05) is 33.1 Å². The van der Waals surface area contributed by atoms with Gasteiger partial charge in [0.1, 0.15) is 0 Å². The number of carbonyl (C=O) groups is 1. The first-order valence-electron chi connectivity index (χ1n) is 7.72. The van der Waals surface area contributed by atoms with Gasteiger partial charge in [0.2, 0.25) is 0 Å². The fraction of sp³-hybridized carbons (Fsp3) is 0.588. The van der Waals surface area contributed by atoms with E-state index in [1.54, 1.807) is 0 Å². The van der Waals surface area contributed by atoms with Crippen molar-refractivity contribution in [3.63, 3.8) is 0 Å². The molecular formula is C17H24N2O2. The second kappa shape index (κ2) is 5.68. The van der Waals surface area contributed by atoms with Gasteiger partial charge in [0.15, 0.2) is 0 Å². The number of benzene rings is 1. The lowest BCUT2D eigenvalue weighted by Gasteiger charge is -2.37. The van der Waals surface area contributed by atoms with Crippen molar-refractivity contribution in [1.29, 1.82) is 0 Å². The molecule has 21 heavy (non-hydrogen) atoms. The van der Waals surface area contributed by atoms with Crippen LogP contribution < -0.4 is 5.32 Å². The number of methoxy groups -OCH3 is 1. The molecule has 1 fully saturated rings. The van der Waals surface area contributed by atoms with Gasteiger partial charge < -0.3 is 15.0 Å². The van der Waals surface area contributed by atoms with E-state index in [1.165, 1.54) is 29.5 Å². The van der Waals surface area contributed by atoms with E-state index in [9.17, 15) is 4.79 Å². The van der Waals surface area contributed by atoms with Crippen LogP contribution in [0.1, 0.15) is 35.4 Å². The number of nitrogens with zero attached hydrogens (tertiary/aromatic N) is 1. The van der Waals surface area contributed by atoms with Gasteiger partial charge in [0.05, 0.1) is 13.0 Å². The van der Waals surface area contributed by atoms with Crippen LogP contribution in [0.4, 0.5) is 5.69 Å². The van der Waals surface area contributed by atoms with Crippen LogP contribution in [0, 0.1) is 5.92 Å². The average Bonchev–Trinajstić information content (AvgIpc) is 2.44. The van der Waals surface area contributed by atoms with E-state index in [4.69, 9.17) is 4.74 Å². The first-order valence-corrected chi connectivity index (χ1v) is 7.72. The number of hydrogen-bond donors (Lipinski definition) is 1. The molecule has 114 valence electrons. The smallest absolute Gasteiger partial charge is 0.308 e. The number of carbonyl (C=O) groups excluding carboxylic acids is 1. The van der Waals surface area contributed by atoms with Gasteiger partial charge in [-0.3, -0.25) is 4.79 Å². The number of nitrogens with one attached hydrogen (secondary N) is 1. The number of hydrogen-bond acceptors (Lipinski definition) is 4. The highest BCUT2D eigenvalue weighted by atomic mass is 16.5. The van der Waals surface area contributed by atoms with Gasteiger partial charge in [-0.2, -0.15) is 0 Å². The Kier molecular flexibility index (Phi) is 3.89. The summed E-state index contributed by atoms with van der Waals surface area (Å²) in [4.78, 5) is 13.9. The zero-order valence-electron chi connectivity index (χ0n) is 13.1. The van der Waals surface area contributed by atoms with Gasteiger partial charge in [-0.1, -0.05) is 0 Å². The second-order valence-corrected chi connectivity index (χ2v) is 6.33. The maximum atomic E-state index is 11.6. The summed E-state index contributed by atoms with van der Waals surface area (Å²) >= 11 is 0. The minimum atomic E-state index is -0.0513. The van der Waals surface area contributed by atoms with E-state index in [2.05, 4.69) is 29.4 Å². The van der Waals surface area contributed by atoms with Gasteiger partial charge in [0, 0.05) is 25.8 Å². The lowest BCUT2D eigenvalue weighted by atomic mass is 9.69. The number of ether oxygens (including phenoxy) is 1. The number of esters is 1. The standard InChI is InChI=1S/C17H24N2O2/c1-18-14-8-13-10-19(2)5-4-15(13)16(9-14)11-6-12(7-11)17(20)21-3/h8-9,11-12,18H,4-7,10H2,1-3H3. The predicted octanol–water partition coefficient (Wildman–Crippen LogP) is 2.38. The molecule has 4 nitrogen and oxygen atoms in total. The second-order valence-electron chi connectivity index (χ2n) is 6.33. The topological polar surface area (TPSA) is 41.6 Å². The van der Waals surface area contributed by atoms with E-state index in [-0.39, 0.29) is 11.9 Å². The van der Waals surface area contributed by atoms with Crippen LogP contribution in [-0.2, 0) is 22.5 Å². The van der Waals surface area contributed by atoms with Crippen LogP contribution in [0.25, 0.3) is 0 Å². The Balaban J connectivity index is 1.85. The summed E-state index contributed by atoms with van der Waals surface area (Å²) in [5.41, 5.74) is 5.58. The summed E-state index contributed by atoms with van der Waals surface area (Å²) in [5.74, 6) is 0.560. The molecule has 1 aliphatic heterocycles. The molecule has 0 spiro atoms. The van der Waals surface area contributed by atoms with Gasteiger partial charge in [0.25, 0.3) is 0 Å². The summed E-state index contributed by atoms with van der Waals surface area (Å²) in [7, 11) is 5.62. The molecule has 0 bridgehead atoms. The van der Waals surface area contributed by atoms with Crippen LogP contribution in [0.3, 0.4) is 0 Å². The molecule has 1 aromatic rings. The third kappa shape index (κ3) is 2.64. The summed E-state index contributed by atoms with van der Waals surface area (Å²) in [5, 5.41) is 3.27. The Labute approximate surface area is 126 Å². The zero-order valence-corrected chi connectivity index (χ0v) is 13.1. The first-order chi connectivity index (χ1) is 10.1. The van der Waals surface area contributed by atoms with E-state index in [0.29, 0.717) is 5.92 Å². The van der Waals surface area contributed by atoms with Crippen LogP contribution >= 0.6 is 0 Å². The van der Waals surface area contributed by atoms with Crippen molar-refractivity contribution in [3.8, 4) is 0 Å². The highest BCUT2D eigenvalue weighted by Crippen LogP contribution is 2.45. The molecule has 1 heterocycles. The van der Waals surface area contributed by atoms with Crippen LogP contribution in [-0.4, -0.2) is 38.6 Å². The summed E-state index contributed by atoms with van der Waals surface area (Å²) in [6, 6.07) is 4.55. The largest absolute Gasteiger partial charge is 0.469 e. The van der Waals surface area contributed by atoms with Gasteiger partial charge >= 0.3 is 5.97 Å². The van der Waals surface area contributed by atoms with E-state index in [0.717, 1.165) is 32.4 Å². The normalized spacial score (nSPS) is 24.9. The van der Waals surface area contributed by atoms with Gasteiger partial charge in [-0.15, -0.1) is 0 Å². The van der Waals surface area contributed by atoms with Crippen LogP contribution in [0.5, 0.6) is 0 Å². The lowest BCUT2D eigenvalue weighted by molar-refractivity contribution is -0.148. The maximum Gasteiger partial charge on any atom is 0.308 e. The molecule has 1 aliphatic carbocycles. The highest BCUT2D eigenvalue weighted by molar-refractivity contribution is 5.74. The molecule has 0 radical (unpaired) electrons. The molecule has 1 aromatic carbocycles. The number of likely N-dealkylation sites (N-methyl/N-ethyl adjacent to an activating group) is 1. The fourth-order valence-corrected chi connectivity index (χ4v) is 3.61. The zero-order chi connectivity index (χ0) is 15.0. The third-order valence-corrected chi connectivity index (χ3v) is 4.96. The highest BCUT2D eigenvalue weighted by Gasteiger charge is 2.37. The van der Waals surface area contributed by atoms with Crippen LogP contribution in [0.15, 0.2) is 12.1 Å². The van der Waals surface area contributed by atoms with Crippen molar-refractivity contribution in [2.45, 2.75) is 31.7 Å². The molecule has 4 heteroatoms. The maximum absolute atomic E-state index is 11.6. The predicted molar refractivity (Wildman–Crippen MR) is 83.5 cm³/mol. The summed E-state index contributed by atoms with van der Waals surface area (Å²) in [6.45, 7) is 2.14. The van der Waals surface area contributed by atoms with Crippen molar-refractivity contribution in [3.05, 3.63) is 28.8 Å². The summed E-state index contributed by atoms with van der Waals surface area (Å²) in [6.07, 6.45) is 2.98. The quantitative estimate of drug-likeness (QED) is 0.867. The Morgan fingerprint density at radius 2 is 2.14 bits per heavy atom. The molecule has 0 atom stereocenters. The molecule has 0 saturated heterocycles. The molecule has 1 N–H and O–H groups in total. The van der Waals surface area contributed by atoms with E-state index in [1.807, 2.05) is 7.05 Å². The minimum absolute atomic E-state index is 0.0513. The molecule has 1 saturated carbocycles. The van der Waals surface area contributed by atoms with E-state index >= 15 is 0 Å². The van der Waals surface area contributed by atoms with Gasteiger partial charge in [-0.25, -0.2) is 0 Å². The lowest BCUT2D eigenvalue weighted by Crippen LogP contribution is -2.32. The van der Waals surface area contributed by atoms with Gasteiger partial charge in [-0.05, 0) is 61.1 Å². The Hall–Kier alpha value is -1.55. The van der Waals surface area contributed by atoms with E-state index < -0.39 is 0 Å².